The van der Waals surface area contributed by atoms with Gasteiger partial charge in [-0.2, -0.15) is 0 Å². The summed E-state index contributed by atoms with van der Waals surface area (Å²) in [7, 11) is 0. The van der Waals surface area contributed by atoms with Crippen LogP contribution in [0.1, 0.15) is 97.4 Å². The number of hydrogen-bond donors (Lipinski definition) is 0. The van der Waals surface area contributed by atoms with Gasteiger partial charge in [-0.15, -0.1) is 0 Å². The molecule has 0 bridgehead atoms. The molecule has 0 spiro atoms. The lowest BCUT2D eigenvalue weighted by atomic mass is 9.87. The molecule has 0 heteroatoms. The van der Waals surface area contributed by atoms with Crippen LogP contribution in [0.4, 0.5) is 0 Å². The predicted octanol–water partition coefficient (Wildman–Crippen LogP) is 8.30. The first kappa shape index (κ1) is 31.7. The first-order valence-electron chi connectivity index (χ1n) is 8.10. The fourth-order valence-corrected chi connectivity index (χ4v) is 0.699. The van der Waals surface area contributed by atoms with Gasteiger partial charge in [-0.05, 0) is 25.2 Å². The standard InChI is InChI=1S/C13H24.3C2H6.CH4/c1-10(2)11(3)8-9-12(4)13(5,6)7;3*1-2;/h8-10H,1-7H3;3*1-2H3;1H4/b11-8+,12-9+;;;;. The van der Waals surface area contributed by atoms with Crippen molar-refractivity contribution in [3.63, 3.8) is 0 Å². The lowest BCUT2D eigenvalue weighted by molar-refractivity contribution is 0.504. The summed E-state index contributed by atoms with van der Waals surface area (Å²) in [6.45, 7) is 27.6. The summed E-state index contributed by atoms with van der Waals surface area (Å²) >= 11 is 0. The number of rotatable bonds is 2. The smallest absolute Gasteiger partial charge is 0.0173 e. The molecule has 0 rings (SSSR count). The molecule has 0 saturated heterocycles. The maximum atomic E-state index is 2.25. The molecule has 0 aromatic carbocycles. The van der Waals surface area contributed by atoms with E-state index in [1.807, 2.05) is 41.5 Å². The van der Waals surface area contributed by atoms with Gasteiger partial charge in [0.1, 0.15) is 0 Å². The van der Waals surface area contributed by atoms with E-state index in [0.29, 0.717) is 11.3 Å². The van der Waals surface area contributed by atoms with Crippen LogP contribution in [-0.2, 0) is 0 Å². The summed E-state index contributed by atoms with van der Waals surface area (Å²) in [6.07, 6.45) is 4.49. The molecule has 0 aliphatic rings. The Hall–Kier alpha value is -0.520. The minimum absolute atomic E-state index is 0. The van der Waals surface area contributed by atoms with Crippen LogP contribution in [0.5, 0.6) is 0 Å². The molecule has 0 N–H and O–H groups in total. The molecule has 0 radical (unpaired) electrons. The maximum Gasteiger partial charge on any atom is -0.0173 e. The summed E-state index contributed by atoms with van der Waals surface area (Å²) < 4.78 is 0. The van der Waals surface area contributed by atoms with Crippen molar-refractivity contribution in [1.82, 2.24) is 0 Å². The molecule has 0 amide bonds. The van der Waals surface area contributed by atoms with Crippen LogP contribution >= 0.6 is 0 Å². The minimum atomic E-state index is 0. The number of allylic oxidation sites excluding steroid dienone is 4. The SMILES string of the molecule is C.C/C(=C\C=C(/C)C(C)(C)C)C(C)C.CC.CC.CC. The van der Waals surface area contributed by atoms with Crippen molar-refractivity contribution in [2.45, 2.75) is 97.4 Å². The molecular weight excluding hydrogens is 240 g/mol. The monoisotopic (exact) mass is 286 g/mol. The van der Waals surface area contributed by atoms with E-state index in [1.165, 1.54) is 11.1 Å². The lowest BCUT2D eigenvalue weighted by Crippen LogP contribution is -2.05. The molecule has 0 saturated carbocycles. The van der Waals surface area contributed by atoms with Crippen molar-refractivity contribution in [1.29, 1.82) is 0 Å². The first-order valence-corrected chi connectivity index (χ1v) is 8.10. The molecule has 0 aliphatic heterocycles. The van der Waals surface area contributed by atoms with E-state index in [-0.39, 0.29) is 7.43 Å². The Kier molecular flexibility index (Phi) is 33.0. The molecule has 0 aromatic heterocycles. The van der Waals surface area contributed by atoms with Crippen LogP contribution in [0.2, 0.25) is 0 Å². The van der Waals surface area contributed by atoms with Gasteiger partial charge in [0.2, 0.25) is 0 Å². The maximum absolute atomic E-state index is 2.25. The Morgan fingerprint density at radius 2 is 1.05 bits per heavy atom. The first-order chi connectivity index (χ1) is 8.75. The van der Waals surface area contributed by atoms with Crippen LogP contribution < -0.4 is 0 Å². The highest BCUT2D eigenvalue weighted by Crippen LogP contribution is 2.24. The Bertz CT molecular complexity index is 209. The fourth-order valence-electron chi connectivity index (χ4n) is 0.699. The van der Waals surface area contributed by atoms with E-state index in [1.54, 1.807) is 0 Å². The van der Waals surface area contributed by atoms with Crippen LogP contribution in [-0.4, -0.2) is 0 Å². The summed E-state index contributed by atoms with van der Waals surface area (Å²) in [4.78, 5) is 0. The van der Waals surface area contributed by atoms with Crippen LogP contribution in [0, 0.1) is 11.3 Å². The van der Waals surface area contributed by atoms with Crippen LogP contribution in [0.25, 0.3) is 0 Å². The molecule has 0 nitrogen and oxygen atoms in total. The van der Waals surface area contributed by atoms with Gasteiger partial charge < -0.3 is 0 Å². The predicted molar refractivity (Wildman–Crippen MR) is 103 cm³/mol. The van der Waals surface area contributed by atoms with Crippen molar-refractivity contribution < 1.29 is 0 Å². The third-order valence-electron chi connectivity index (χ3n) is 2.69. The van der Waals surface area contributed by atoms with Gasteiger partial charge in [-0.1, -0.05) is 107 Å². The van der Waals surface area contributed by atoms with E-state index in [0.717, 1.165) is 0 Å². The lowest BCUT2D eigenvalue weighted by Gasteiger charge is -2.19. The van der Waals surface area contributed by atoms with Gasteiger partial charge in [-0.3, -0.25) is 0 Å². The molecule has 0 aromatic rings. The minimum Gasteiger partial charge on any atom is -0.0776 e. The molecule has 0 atom stereocenters. The largest absolute Gasteiger partial charge is 0.0776 e. The summed E-state index contributed by atoms with van der Waals surface area (Å²) in [5.41, 5.74) is 3.18. The van der Waals surface area contributed by atoms with Gasteiger partial charge in [0.05, 0.1) is 0 Å². The number of hydrogen-bond acceptors (Lipinski definition) is 0. The third kappa shape index (κ3) is 22.6. The average molecular weight is 287 g/mol. The normalized spacial score (nSPS) is 10.9. The summed E-state index contributed by atoms with van der Waals surface area (Å²) in [6, 6.07) is 0. The van der Waals surface area contributed by atoms with E-state index < -0.39 is 0 Å². The third-order valence-corrected chi connectivity index (χ3v) is 2.69. The van der Waals surface area contributed by atoms with Crippen molar-refractivity contribution >= 4 is 0 Å². The van der Waals surface area contributed by atoms with Gasteiger partial charge in [0.25, 0.3) is 0 Å². The van der Waals surface area contributed by atoms with Gasteiger partial charge in [-0.25, -0.2) is 0 Å². The average Bonchev–Trinajstić information content (AvgIpc) is 2.41. The van der Waals surface area contributed by atoms with Crippen molar-refractivity contribution in [2.75, 3.05) is 0 Å². The van der Waals surface area contributed by atoms with Gasteiger partial charge in [0.15, 0.2) is 0 Å². The van der Waals surface area contributed by atoms with E-state index in [9.17, 15) is 0 Å². The van der Waals surface area contributed by atoms with Crippen molar-refractivity contribution in [3.05, 3.63) is 23.3 Å². The summed E-state index contributed by atoms with van der Waals surface area (Å²) in [5.74, 6) is 0.656. The van der Waals surface area contributed by atoms with E-state index in [4.69, 9.17) is 0 Å². The molecule has 20 heavy (non-hydrogen) atoms. The van der Waals surface area contributed by atoms with Crippen LogP contribution in [0.15, 0.2) is 23.3 Å². The molecule has 126 valence electrons. The highest BCUT2D eigenvalue weighted by Gasteiger charge is 2.11. The molecular formula is C20H46. The molecule has 0 aliphatic carbocycles. The zero-order valence-electron chi connectivity index (χ0n) is 16.2. The fraction of sp³-hybridized carbons (Fsp3) is 0.800. The Morgan fingerprint density at radius 3 is 1.25 bits per heavy atom. The summed E-state index contributed by atoms with van der Waals surface area (Å²) in [5, 5.41) is 0. The Labute approximate surface area is 132 Å². The molecule has 0 heterocycles. The van der Waals surface area contributed by atoms with Crippen molar-refractivity contribution in [2.24, 2.45) is 11.3 Å². The van der Waals surface area contributed by atoms with Gasteiger partial charge in [0, 0.05) is 0 Å². The van der Waals surface area contributed by atoms with Crippen molar-refractivity contribution in [3.8, 4) is 0 Å². The zero-order valence-corrected chi connectivity index (χ0v) is 16.2. The Balaban J connectivity index is -0.0000000940. The second kappa shape index (κ2) is 20.8. The second-order valence-electron chi connectivity index (χ2n) is 5.17. The Morgan fingerprint density at radius 1 is 0.750 bits per heavy atom. The molecule has 0 unspecified atom stereocenters. The van der Waals surface area contributed by atoms with Crippen LogP contribution in [0.3, 0.4) is 0 Å². The second-order valence-corrected chi connectivity index (χ2v) is 5.17. The topological polar surface area (TPSA) is 0 Å². The highest BCUT2D eigenvalue weighted by molar-refractivity contribution is 5.19. The van der Waals surface area contributed by atoms with E-state index >= 15 is 0 Å². The molecule has 0 fully saturated rings. The van der Waals surface area contributed by atoms with Gasteiger partial charge >= 0.3 is 0 Å². The van der Waals surface area contributed by atoms with E-state index in [2.05, 4.69) is 60.6 Å². The highest BCUT2D eigenvalue weighted by atomic mass is 14.2. The zero-order chi connectivity index (χ0) is 16.6. The quantitative estimate of drug-likeness (QED) is 0.448.